The second-order valence-electron chi connectivity index (χ2n) is 12.5. The van der Waals surface area contributed by atoms with Gasteiger partial charge in [-0.15, -0.1) is 0 Å². The van der Waals surface area contributed by atoms with Crippen molar-refractivity contribution in [2.45, 2.75) is 81.4 Å². The maximum absolute atomic E-state index is 13.6. The third kappa shape index (κ3) is 7.80. The Morgan fingerprint density at radius 2 is 1.60 bits per heavy atom. The molecule has 43 heavy (non-hydrogen) atoms. The van der Waals surface area contributed by atoms with Crippen molar-refractivity contribution in [3.8, 4) is 0 Å². The standard InChI is InChI=1S/C31H41N3O7SSi/c1-31(2,3)43(4,5)41-28(21-26-13-9-19-32(26)30(35)40-23-24-11-7-6-8-12-24)22-27-14-10-20-33(27)42(38,39)29-17-15-25(16-18-29)34(36)37/h6-18,26-28H,19-23H2,1-5H3/t26-,27-,28-/m0/s1. The van der Waals surface area contributed by atoms with E-state index >= 15 is 0 Å². The van der Waals surface area contributed by atoms with E-state index in [1.54, 1.807) is 4.90 Å². The maximum Gasteiger partial charge on any atom is 0.410 e. The van der Waals surface area contributed by atoms with E-state index in [2.05, 4.69) is 33.9 Å². The van der Waals surface area contributed by atoms with Crippen molar-refractivity contribution in [3.63, 3.8) is 0 Å². The molecule has 2 aliphatic heterocycles. The zero-order chi connectivity index (χ0) is 31.4. The number of carbonyl (C=O) groups excluding carboxylic acids is 1. The molecule has 0 saturated heterocycles. The molecule has 0 aromatic heterocycles. The van der Waals surface area contributed by atoms with Crippen molar-refractivity contribution in [3.05, 3.63) is 94.6 Å². The molecule has 2 aromatic rings. The Bertz CT molecular complexity index is 1450. The van der Waals surface area contributed by atoms with Gasteiger partial charge in [-0.25, -0.2) is 13.2 Å². The SMILES string of the molecule is CC(C)(C)[Si](C)(C)O[C@@H](C[C@@H]1C=CCN1C(=O)OCc1ccccc1)C[C@@H]1C=CCN1S(=O)(=O)c1ccc([N+](=O)[O-])cc1. The molecule has 0 saturated carbocycles. The highest BCUT2D eigenvalue weighted by Crippen LogP contribution is 2.39. The number of rotatable bonds is 11. The van der Waals surface area contributed by atoms with Crippen LogP contribution in [0, 0.1) is 10.1 Å². The van der Waals surface area contributed by atoms with Crippen LogP contribution in [0.5, 0.6) is 0 Å². The summed E-state index contributed by atoms with van der Waals surface area (Å²) in [7, 11) is -6.21. The third-order valence-corrected chi connectivity index (χ3v) is 14.9. The van der Waals surface area contributed by atoms with Crippen LogP contribution in [0.2, 0.25) is 18.1 Å². The number of ether oxygens (including phenoxy) is 1. The summed E-state index contributed by atoms with van der Waals surface area (Å²) in [4.78, 5) is 25.3. The fourth-order valence-electron chi connectivity index (χ4n) is 5.01. The minimum atomic E-state index is -3.93. The molecule has 0 fully saturated rings. The smallest absolute Gasteiger partial charge is 0.410 e. The minimum Gasteiger partial charge on any atom is -0.445 e. The molecule has 0 spiro atoms. The van der Waals surface area contributed by atoms with Crippen LogP contribution in [-0.4, -0.2) is 68.2 Å². The Balaban J connectivity index is 1.52. The average molecular weight is 628 g/mol. The Labute approximate surface area is 255 Å². The summed E-state index contributed by atoms with van der Waals surface area (Å²) in [5.41, 5.74) is 0.732. The molecule has 3 atom stereocenters. The van der Waals surface area contributed by atoms with E-state index in [9.17, 15) is 23.3 Å². The summed E-state index contributed by atoms with van der Waals surface area (Å²) in [5.74, 6) is 0. The molecule has 0 N–H and O–H groups in total. The Morgan fingerprint density at radius 3 is 2.23 bits per heavy atom. The number of non-ortho nitro benzene ring substituents is 1. The lowest BCUT2D eigenvalue weighted by molar-refractivity contribution is -0.384. The van der Waals surface area contributed by atoms with Gasteiger partial charge in [0.2, 0.25) is 10.0 Å². The first-order valence-electron chi connectivity index (χ1n) is 14.4. The molecule has 0 bridgehead atoms. The van der Waals surface area contributed by atoms with Gasteiger partial charge >= 0.3 is 6.09 Å². The summed E-state index contributed by atoms with van der Waals surface area (Å²) < 4.78 is 41.2. The van der Waals surface area contributed by atoms with Crippen molar-refractivity contribution in [1.29, 1.82) is 0 Å². The van der Waals surface area contributed by atoms with Crippen LogP contribution < -0.4 is 0 Å². The Hall–Kier alpha value is -3.32. The van der Waals surface area contributed by atoms with E-state index in [0.29, 0.717) is 19.4 Å². The monoisotopic (exact) mass is 627 g/mol. The number of amides is 1. The van der Waals surface area contributed by atoms with Gasteiger partial charge in [-0.1, -0.05) is 75.4 Å². The summed E-state index contributed by atoms with van der Waals surface area (Å²) in [6.45, 7) is 11.6. The number of carbonyl (C=O) groups is 1. The van der Waals surface area contributed by atoms with Gasteiger partial charge in [0.1, 0.15) is 6.61 Å². The number of nitrogens with zero attached hydrogens (tertiary/aromatic N) is 3. The van der Waals surface area contributed by atoms with Crippen LogP contribution >= 0.6 is 0 Å². The van der Waals surface area contributed by atoms with Crippen LogP contribution in [0.4, 0.5) is 10.5 Å². The molecule has 0 unspecified atom stereocenters. The summed E-state index contributed by atoms with van der Waals surface area (Å²) in [6, 6.07) is 13.7. The highest BCUT2D eigenvalue weighted by Gasteiger charge is 2.42. The molecular formula is C31H41N3O7SSi. The summed E-state index contributed by atoms with van der Waals surface area (Å²) in [6.07, 6.45) is 7.75. The number of nitro groups is 1. The van der Waals surface area contributed by atoms with E-state index < -0.39 is 35.4 Å². The Morgan fingerprint density at radius 1 is 1.00 bits per heavy atom. The van der Waals surface area contributed by atoms with Crippen molar-refractivity contribution in [1.82, 2.24) is 9.21 Å². The topological polar surface area (TPSA) is 119 Å². The highest BCUT2D eigenvalue weighted by molar-refractivity contribution is 7.89. The second kappa shape index (κ2) is 13.1. The molecule has 2 heterocycles. The lowest BCUT2D eigenvalue weighted by atomic mass is 10.0. The maximum atomic E-state index is 13.6. The van der Waals surface area contributed by atoms with Crippen molar-refractivity contribution >= 4 is 30.1 Å². The molecule has 2 aromatic carbocycles. The number of benzene rings is 2. The average Bonchev–Trinajstić information content (AvgIpc) is 3.61. The Kier molecular flexibility index (Phi) is 9.95. The zero-order valence-corrected chi connectivity index (χ0v) is 27.2. The first-order chi connectivity index (χ1) is 20.2. The van der Waals surface area contributed by atoms with Crippen LogP contribution in [0.25, 0.3) is 0 Å². The zero-order valence-electron chi connectivity index (χ0n) is 25.4. The van der Waals surface area contributed by atoms with Gasteiger partial charge in [-0.3, -0.25) is 15.0 Å². The molecule has 2 aliphatic rings. The van der Waals surface area contributed by atoms with E-state index in [-0.39, 0.29) is 40.9 Å². The normalized spacial score (nSPS) is 20.0. The number of nitro benzene ring substituents is 1. The summed E-state index contributed by atoms with van der Waals surface area (Å²) >= 11 is 0. The molecule has 4 rings (SSSR count). The van der Waals surface area contributed by atoms with Crippen molar-refractivity contribution in [2.24, 2.45) is 0 Å². The van der Waals surface area contributed by atoms with Gasteiger partial charge in [-0.2, -0.15) is 4.31 Å². The number of hydrogen-bond donors (Lipinski definition) is 0. The van der Waals surface area contributed by atoms with E-state index in [0.717, 1.165) is 5.56 Å². The van der Waals surface area contributed by atoms with Crippen molar-refractivity contribution < 1.29 is 27.3 Å². The molecule has 10 nitrogen and oxygen atoms in total. The van der Waals surface area contributed by atoms with Gasteiger partial charge in [0.05, 0.1) is 15.9 Å². The van der Waals surface area contributed by atoms with Gasteiger partial charge in [0, 0.05) is 37.4 Å². The second-order valence-corrected chi connectivity index (χ2v) is 19.1. The predicted octanol–water partition coefficient (Wildman–Crippen LogP) is 6.27. The van der Waals surface area contributed by atoms with Gasteiger partial charge in [-0.05, 0) is 48.7 Å². The first kappa shape index (κ1) is 32.6. The van der Waals surface area contributed by atoms with Gasteiger partial charge in [0.15, 0.2) is 8.32 Å². The third-order valence-electron chi connectivity index (χ3n) is 8.44. The largest absolute Gasteiger partial charge is 0.445 e. The quantitative estimate of drug-likeness (QED) is 0.125. The van der Waals surface area contributed by atoms with E-state index in [1.165, 1.54) is 28.6 Å². The minimum absolute atomic E-state index is 0.000252. The van der Waals surface area contributed by atoms with Crippen LogP contribution in [0.1, 0.15) is 39.2 Å². The molecule has 232 valence electrons. The highest BCUT2D eigenvalue weighted by atomic mass is 32.2. The predicted molar refractivity (Wildman–Crippen MR) is 167 cm³/mol. The number of sulfonamides is 1. The fraction of sp³-hybridized carbons (Fsp3) is 0.452. The van der Waals surface area contributed by atoms with Crippen LogP contribution in [-0.2, 0) is 25.8 Å². The molecule has 1 amide bonds. The molecular weight excluding hydrogens is 587 g/mol. The molecule has 0 aliphatic carbocycles. The van der Waals surface area contributed by atoms with Gasteiger partial charge in [0.25, 0.3) is 5.69 Å². The van der Waals surface area contributed by atoms with Crippen molar-refractivity contribution in [2.75, 3.05) is 13.1 Å². The number of hydrogen-bond acceptors (Lipinski definition) is 7. The van der Waals surface area contributed by atoms with E-state index in [4.69, 9.17) is 9.16 Å². The lowest BCUT2D eigenvalue weighted by Crippen LogP contribution is -2.48. The van der Waals surface area contributed by atoms with Crippen LogP contribution in [0.15, 0.2) is 83.8 Å². The summed E-state index contributed by atoms with van der Waals surface area (Å²) in [5, 5.41) is 11.0. The molecule has 12 heteroatoms. The van der Waals surface area contributed by atoms with Crippen LogP contribution in [0.3, 0.4) is 0 Å². The fourth-order valence-corrected chi connectivity index (χ4v) is 7.94. The first-order valence-corrected chi connectivity index (χ1v) is 18.8. The lowest BCUT2D eigenvalue weighted by Gasteiger charge is -2.41. The van der Waals surface area contributed by atoms with E-state index in [1.807, 2.05) is 54.6 Å². The van der Waals surface area contributed by atoms with Gasteiger partial charge < -0.3 is 9.16 Å². The molecule has 0 radical (unpaired) electrons.